The predicted molar refractivity (Wildman–Crippen MR) is 203 cm³/mol. The van der Waals surface area contributed by atoms with Crippen molar-refractivity contribution in [3.8, 4) is 23.0 Å². The first kappa shape index (κ1) is 46.0. The van der Waals surface area contributed by atoms with Gasteiger partial charge in [-0.3, -0.25) is 9.98 Å². The second-order valence-corrected chi connectivity index (χ2v) is 12.1. The molecule has 4 aromatic rings. The number of aromatic carboxylic acids is 2. The van der Waals surface area contributed by atoms with Gasteiger partial charge in [0, 0.05) is 11.1 Å². The minimum atomic E-state index is -1.47. The summed E-state index contributed by atoms with van der Waals surface area (Å²) in [5.74, 6) is -5.01. The number of benzene rings is 4. The van der Waals surface area contributed by atoms with Crippen molar-refractivity contribution in [3.63, 3.8) is 0 Å². The number of phenols is 4. The number of unbranched alkanes of at least 4 members (excludes halogenated alkanes) is 1. The van der Waals surface area contributed by atoms with E-state index in [1.54, 1.807) is 13.8 Å². The third-order valence-electron chi connectivity index (χ3n) is 8.22. The molecule has 4 rings (SSSR count). The summed E-state index contributed by atoms with van der Waals surface area (Å²) in [7, 11) is 0. The summed E-state index contributed by atoms with van der Waals surface area (Å²) in [4.78, 5) is 31.2. The van der Waals surface area contributed by atoms with Gasteiger partial charge < -0.3 is 40.2 Å². The van der Waals surface area contributed by atoms with Gasteiger partial charge in [0.15, 0.2) is 23.0 Å². The molecule has 0 unspecified atom stereocenters. The Morgan fingerprint density at radius 3 is 1.30 bits per heavy atom. The summed E-state index contributed by atoms with van der Waals surface area (Å²) in [5.41, 5.74) is 5.89. The van der Waals surface area contributed by atoms with Gasteiger partial charge in [-0.05, 0) is 105 Å². The maximum atomic E-state index is 10.8. The fourth-order valence-corrected chi connectivity index (χ4v) is 5.45. The molecule has 53 heavy (non-hydrogen) atoms. The normalized spacial score (nSPS) is 11.0. The topological polar surface area (TPSA) is 186 Å². The molecule has 286 valence electrons. The molecular formula is C42H50N2O8Pd. The summed E-state index contributed by atoms with van der Waals surface area (Å²) in [6.07, 6.45) is 7.14. The van der Waals surface area contributed by atoms with Crippen LogP contribution in [0.2, 0.25) is 0 Å². The van der Waals surface area contributed by atoms with Crippen LogP contribution in [0.3, 0.4) is 0 Å². The van der Waals surface area contributed by atoms with Crippen LogP contribution in [0.15, 0.2) is 82.8 Å². The largest absolute Gasteiger partial charge is 2.00 e. The van der Waals surface area contributed by atoms with Crippen LogP contribution in [0, 0.1) is 13.8 Å². The molecule has 0 aliphatic heterocycles. The van der Waals surface area contributed by atoms with Crippen LogP contribution < -0.4 is 10.2 Å². The smallest absolute Gasteiger partial charge is 0.545 e. The number of phenolic OH excluding ortho intramolecular Hbond substituents is 2. The summed E-state index contributed by atoms with van der Waals surface area (Å²) in [5, 5.41) is 59.0. The van der Waals surface area contributed by atoms with Gasteiger partial charge >= 0.3 is 20.4 Å². The number of hydrogen-bond acceptors (Lipinski definition) is 10. The van der Waals surface area contributed by atoms with Gasteiger partial charge in [-0.25, -0.2) is 0 Å². The summed E-state index contributed by atoms with van der Waals surface area (Å²) in [6.45, 7) is 11.4. The molecule has 0 saturated carbocycles. The summed E-state index contributed by atoms with van der Waals surface area (Å²) in [6, 6.07) is 23.1. The Labute approximate surface area is 326 Å². The van der Waals surface area contributed by atoms with E-state index in [0.717, 1.165) is 61.3 Å². The monoisotopic (exact) mass is 816 g/mol. The van der Waals surface area contributed by atoms with Crippen molar-refractivity contribution in [3.05, 3.63) is 106 Å². The molecule has 0 aliphatic carbocycles. The summed E-state index contributed by atoms with van der Waals surface area (Å²) >= 11 is 0. The van der Waals surface area contributed by atoms with Crippen LogP contribution in [-0.4, -0.2) is 43.8 Å². The zero-order valence-corrected chi connectivity index (χ0v) is 32.8. The molecule has 0 aromatic heterocycles. The van der Waals surface area contributed by atoms with Crippen LogP contribution in [0.5, 0.6) is 23.0 Å². The average Bonchev–Trinajstić information content (AvgIpc) is 3.12. The molecule has 4 aromatic carbocycles. The van der Waals surface area contributed by atoms with Gasteiger partial charge in [0.2, 0.25) is 0 Å². The molecule has 0 heterocycles. The van der Waals surface area contributed by atoms with Crippen molar-refractivity contribution >= 4 is 34.7 Å². The van der Waals surface area contributed by atoms with E-state index in [9.17, 15) is 40.2 Å². The Hall–Kier alpha value is -4.98. The van der Waals surface area contributed by atoms with Gasteiger partial charge in [-0.15, -0.1) is 0 Å². The molecule has 0 fully saturated rings. The van der Waals surface area contributed by atoms with Crippen LogP contribution >= 0.6 is 0 Å². The summed E-state index contributed by atoms with van der Waals surface area (Å²) < 4.78 is 0. The van der Waals surface area contributed by atoms with E-state index < -0.39 is 34.9 Å². The van der Waals surface area contributed by atoms with E-state index in [4.69, 9.17) is 9.98 Å². The first-order valence-electron chi connectivity index (χ1n) is 17.6. The molecular weight excluding hydrogens is 767 g/mol. The number of carbonyl (C=O) groups excluding carboxylic acids is 2. The SMILES string of the molecule is CCCCC(=Nc1ccccc1)C(CC)=Nc1ccccc1.CCCc1cc(O)c(O)c(C(=O)[O-])c1C.CCCc1cc(O)c(O)c(C(=O)[O-])c1C.[Pd+2]. The third-order valence-corrected chi connectivity index (χ3v) is 8.22. The second kappa shape index (κ2) is 23.6. The van der Waals surface area contributed by atoms with Crippen molar-refractivity contribution in [2.45, 2.75) is 92.9 Å². The first-order valence-corrected chi connectivity index (χ1v) is 17.6. The van der Waals surface area contributed by atoms with E-state index >= 15 is 0 Å². The van der Waals surface area contributed by atoms with Gasteiger partial charge in [-0.2, -0.15) is 0 Å². The molecule has 0 atom stereocenters. The van der Waals surface area contributed by atoms with Gasteiger partial charge in [0.25, 0.3) is 0 Å². The maximum absolute atomic E-state index is 10.8. The number of hydrogen-bond donors (Lipinski definition) is 4. The number of carbonyl (C=O) groups is 2. The first-order chi connectivity index (χ1) is 24.8. The molecule has 11 heteroatoms. The quantitative estimate of drug-likeness (QED) is 0.0605. The number of aliphatic imine (C=N–C) groups is 2. The van der Waals surface area contributed by atoms with Crippen LogP contribution in [0.4, 0.5) is 11.4 Å². The minimum absolute atomic E-state index is 0. The number of aromatic hydroxyl groups is 4. The zero-order valence-electron chi connectivity index (χ0n) is 31.2. The molecule has 0 amide bonds. The number of rotatable bonds is 13. The molecule has 0 spiro atoms. The number of aryl methyl sites for hydroxylation is 2. The van der Waals surface area contributed by atoms with Crippen molar-refractivity contribution in [1.29, 1.82) is 0 Å². The molecule has 0 bridgehead atoms. The molecule has 10 nitrogen and oxygen atoms in total. The molecule has 0 aliphatic rings. The van der Waals surface area contributed by atoms with Crippen LogP contribution in [0.1, 0.15) is 109 Å². The van der Waals surface area contributed by atoms with E-state index in [2.05, 4.69) is 13.8 Å². The van der Waals surface area contributed by atoms with E-state index in [1.165, 1.54) is 12.1 Å². The van der Waals surface area contributed by atoms with Crippen molar-refractivity contribution in [2.75, 3.05) is 0 Å². The molecule has 0 radical (unpaired) electrons. The van der Waals surface area contributed by atoms with E-state index in [1.807, 2.05) is 74.5 Å². The maximum Gasteiger partial charge on any atom is 2.00 e. The van der Waals surface area contributed by atoms with E-state index in [-0.39, 0.29) is 31.5 Å². The Bertz CT molecular complexity index is 1760. The fraction of sp³-hybridized carbons (Fsp3) is 0.333. The average molecular weight is 817 g/mol. The molecule has 4 N–H and O–H groups in total. The fourth-order valence-electron chi connectivity index (χ4n) is 5.45. The van der Waals surface area contributed by atoms with Gasteiger partial charge in [-0.1, -0.05) is 83.4 Å². The number of nitrogens with zero attached hydrogens (tertiary/aromatic N) is 2. The Kier molecular flexibility index (Phi) is 20.5. The standard InChI is InChI=1S/C20H24N2.2C11H14O4.Pd/c1-3-5-16-20(22-18-14-10-7-11-15-18)19(4-2)21-17-12-8-6-9-13-17;2*1-3-4-7-5-8(12)10(13)9(6(7)2)11(14)15;/h6-15H,3-5,16H2,1-2H3;2*5,12-13H,3-4H2,1-2H3,(H,14,15);/q;;;+2/p-2. The third kappa shape index (κ3) is 13.8. The van der Waals surface area contributed by atoms with Crippen molar-refractivity contribution in [2.24, 2.45) is 9.98 Å². The zero-order chi connectivity index (χ0) is 38.8. The number of carboxylic acids is 2. The minimum Gasteiger partial charge on any atom is -0.545 e. The van der Waals surface area contributed by atoms with Crippen LogP contribution in [-0.2, 0) is 33.3 Å². The van der Waals surface area contributed by atoms with E-state index in [0.29, 0.717) is 35.1 Å². The number of para-hydroxylation sites is 2. The van der Waals surface area contributed by atoms with Crippen LogP contribution in [0.25, 0.3) is 0 Å². The van der Waals surface area contributed by atoms with Crippen molar-refractivity contribution < 1.29 is 60.7 Å². The molecule has 0 saturated heterocycles. The predicted octanol–water partition coefficient (Wildman–Crippen LogP) is 7.57. The van der Waals surface area contributed by atoms with Gasteiger partial charge in [0.05, 0.1) is 34.7 Å². The Morgan fingerprint density at radius 2 is 0.981 bits per heavy atom. The van der Waals surface area contributed by atoms with Crippen molar-refractivity contribution in [1.82, 2.24) is 0 Å². The Morgan fingerprint density at radius 1 is 0.604 bits per heavy atom. The van der Waals surface area contributed by atoms with Gasteiger partial charge in [0.1, 0.15) is 0 Å². The number of carboxylic acid groups (broad SMARTS) is 2. The Balaban J connectivity index is 0.000000406. The second-order valence-electron chi connectivity index (χ2n) is 12.1.